The molecule has 2 fully saturated rings. The van der Waals surface area contributed by atoms with Gasteiger partial charge in [-0.2, -0.15) is 0 Å². The summed E-state index contributed by atoms with van der Waals surface area (Å²) in [5.41, 5.74) is 0.975. The molecule has 0 N–H and O–H groups in total. The van der Waals surface area contributed by atoms with Gasteiger partial charge < -0.3 is 9.47 Å². The molecule has 5 unspecified atom stereocenters. The first kappa shape index (κ1) is 22.8. The third-order valence-corrected chi connectivity index (χ3v) is 7.06. The second-order valence-electron chi connectivity index (χ2n) is 9.26. The summed E-state index contributed by atoms with van der Waals surface area (Å²) in [6.45, 7) is 5.16. The van der Waals surface area contributed by atoms with Crippen molar-refractivity contribution in [3.63, 3.8) is 0 Å². The van der Waals surface area contributed by atoms with Crippen molar-refractivity contribution in [2.45, 2.75) is 78.2 Å². The van der Waals surface area contributed by atoms with Gasteiger partial charge in [0, 0.05) is 0 Å². The quantitative estimate of drug-likeness (QED) is 0.314. The highest BCUT2D eigenvalue weighted by Gasteiger charge is 2.55. The van der Waals surface area contributed by atoms with Gasteiger partial charge in [-0.05, 0) is 55.4 Å². The fraction of sp³-hybridized carbons (Fsp3) is 0.692. The number of ether oxygens (including phenoxy) is 2. The normalized spacial score (nSPS) is 25.8. The Bertz CT molecular complexity index is 671. The smallest absolute Gasteiger partial charge is 0.310 e. The third kappa shape index (κ3) is 5.86. The highest BCUT2D eigenvalue weighted by atomic mass is 16.5. The monoisotopic (exact) mass is 414 g/mol. The molecule has 0 radical (unpaired) electrons. The molecule has 2 aliphatic carbocycles. The predicted octanol–water partition coefficient (Wildman–Crippen LogP) is 5.93. The van der Waals surface area contributed by atoms with Gasteiger partial charge >= 0.3 is 11.9 Å². The van der Waals surface area contributed by atoms with Crippen molar-refractivity contribution >= 4 is 11.9 Å². The van der Waals surface area contributed by atoms with Crippen LogP contribution in [0, 0.1) is 29.6 Å². The van der Waals surface area contributed by atoms with E-state index in [9.17, 15) is 9.59 Å². The molecule has 4 nitrogen and oxygen atoms in total. The number of hydrogen-bond acceptors (Lipinski definition) is 4. The van der Waals surface area contributed by atoms with Gasteiger partial charge in [-0.1, -0.05) is 69.9 Å². The average molecular weight is 415 g/mol. The SMILES string of the molecule is CCCCCC(CCC)COC(=O)C1C2CCC(C2)C1C(=O)OCc1ccccc1. The van der Waals surface area contributed by atoms with Crippen LogP contribution in [-0.2, 0) is 25.7 Å². The van der Waals surface area contributed by atoms with Crippen LogP contribution < -0.4 is 0 Å². The van der Waals surface area contributed by atoms with Gasteiger partial charge in [0.25, 0.3) is 0 Å². The number of benzene rings is 1. The van der Waals surface area contributed by atoms with Crippen LogP contribution in [0.5, 0.6) is 0 Å². The molecule has 2 aliphatic rings. The first-order valence-electron chi connectivity index (χ1n) is 12.0. The molecular weight excluding hydrogens is 376 g/mol. The van der Waals surface area contributed by atoms with Crippen LogP contribution in [0.25, 0.3) is 0 Å². The molecule has 166 valence electrons. The lowest BCUT2D eigenvalue weighted by Gasteiger charge is -2.28. The minimum absolute atomic E-state index is 0.166. The molecule has 1 aromatic carbocycles. The van der Waals surface area contributed by atoms with Crippen LogP contribution >= 0.6 is 0 Å². The Hall–Kier alpha value is -1.84. The second kappa shape index (κ2) is 11.5. The van der Waals surface area contributed by atoms with E-state index in [4.69, 9.17) is 9.47 Å². The van der Waals surface area contributed by atoms with Crippen molar-refractivity contribution in [1.82, 2.24) is 0 Å². The molecule has 0 aromatic heterocycles. The standard InChI is InChI=1S/C26H38O4/c1-3-5-7-11-19(10-4-2)17-29-25(27)23-21-14-15-22(16-21)24(23)26(28)30-18-20-12-8-6-9-13-20/h6,8-9,12-13,19,21-24H,3-5,7,10-11,14-18H2,1-2H3. The molecular formula is C26H38O4. The lowest BCUT2D eigenvalue weighted by atomic mass is 9.79. The summed E-state index contributed by atoms with van der Waals surface area (Å²) in [5, 5.41) is 0. The Morgan fingerprint density at radius 3 is 2.20 bits per heavy atom. The van der Waals surface area contributed by atoms with Gasteiger partial charge in [-0.15, -0.1) is 0 Å². The Morgan fingerprint density at radius 1 is 0.900 bits per heavy atom. The van der Waals surface area contributed by atoms with Crippen LogP contribution in [0.1, 0.15) is 77.2 Å². The number of rotatable bonds is 12. The number of carbonyl (C=O) groups is 2. The first-order chi connectivity index (χ1) is 14.6. The molecule has 0 amide bonds. The molecule has 3 rings (SSSR count). The maximum absolute atomic E-state index is 13.0. The topological polar surface area (TPSA) is 52.6 Å². The highest BCUT2D eigenvalue weighted by molar-refractivity contribution is 5.83. The Balaban J connectivity index is 1.55. The van der Waals surface area contributed by atoms with Crippen molar-refractivity contribution in [2.75, 3.05) is 6.61 Å². The molecule has 0 aliphatic heterocycles. The summed E-state index contributed by atoms with van der Waals surface area (Å²) in [5.74, 6) is -0.0444. The van der Waals surface area contributed by atoms with Crippen molar-refractivity contribution in [3.05, 3.63) is 35.9 Å². The Labute approximate surface area is 181 Å². The van der Waals surface area contributed by atoms with E-state index in [2.05, 4.69) is 13.8 Å². The minimum Gasteiger partial charge on any atom is -0.465 e. The molecule has 30 heavy (non-hydrogen) atoms. The summed E-state index contributed by atoms with van der Waals surface area (Å²) < 4.78 is 11.4. The van der Waals surface area contributed by atoms with Crippen molar-refractivity contribution in [1.29, 1.82) is 0 Å². The third-order valence-electron chi connectivity index (χ3n) is 7.06. The first-order valence-corrected chi connectivity index (χ1v) is 12.0. The summed E-state index contributed by atoms with van der Waals surface area (Å²) in [4.78, 5) is 25.9. The summed E-state index contributed by atoms with van der Waals surface area (Å²) in [6, 6.07) is 9.72. The van der Waals surface area contributed by atoms with Gasteiger partial charge in [0.15, 0.2) is 0 Å². The molecule has 2 bridgehead atoms. The molecule has 4 heteroatoms. The lowest BCUT2D eigenvalue weighted by molar-refractivity contribution is -0.165. The number of esters is 2. The van der Waals surface area contributed by atoms with Crippen LogP contribution in [0.4, 0.5) is 0 Å². The average Bonchev–Trinajstić information content (AvgIpc) is 3.38. The summed E-state index contributed by atoms with van der Waals surface area (Å²) in [6.07, 6.45) is 9.96. The number of fused-ring (bicyclic) bond motifs is 2. The maximum atomic E-state index is 13.0. The van der Waals surface area contributed by atoms with Crippen molar-refractivity contribution in [3.8, 4) is 0 Å². The van der Waals surface area contributed by atoms with Gasteiger partial charge in [-0.25, -0.2) is 0 Å². The Morgan fingerprint density at radius 2 is 1.57 bits per heavy atom. The van der Waals surface area contributed by atoms with Gasteiger partial charge in [0.2, 0.25) is 0 Å². The van der Waals surface area contributed by atoms with E-state index in [0.717, 1.165) is 44.1 Å². The summed E-state index contributed by atoms with van der Waals surface area (Å²) in [7, 11) is 0. The number of hydrogen-bond donors (Lipinski definition) is 0. The van der Waals surface area contributed by atoms with E-state index in [1.54, 1.807) is 0 Å². The molecule has 5 atom stereocenters. The number of unbranched alkanes of at least 4 members (excludes halogenated alkanes) is 2. The molecule has 0 saturated heterocycles. The van der Waals surface area contributed by atoms with E-state index in [1.807, 2.05) is 30.3 Å². The zero-order chi connectivity index (χ0) is 21.3. The van der Waals surface area contributed by atoms with E-state index in [0.29, 0.717) is 12.5 Å². The molecule has 1 aromatic rings. The van der Waals surface area contributed by atoms with Crippen LogP contribution in [0.2, 0.25) is 0 Å². The Kier molecular flexibility index (Phi) is 8.77. The fourth-order valence-electron chi connectivity index (χ4n) is 5.49. The molecule has 2 saturated carbocycles. The van der Waals surface area contributed by atoms with Crippen LogP contribution in [0.3, 0.4) is 0 Å². The second-order valence-corrected chi connectivity index (χ2v) is 9.26. The van der Waals surface area contributed by atoms with Crippen LogP contribution in [-0.4, -0.2) is 18.5 Å². The van der Waals surface area contributed by atoms with E-state index in [-0.39, 0.29) is 42.2 Å². The lowest BCUT2D eigenvalue weighted by Crippen LogP contribution is -2.37. The number of carbonyl (C=O) groups excluding carboxylic acids is 2. The predicted molar refractivity (Wildman–Crippen MR) is 118 cm³/mol. The van der Waals surface area contributed by atoms with E-state index >= 15 is 0 Å². The van der Waals surface area contributed by atoms with E-state index < -0.39 is 0 Å². The fourth-order valence-corrected chi connectivity index (χ4v) is 5.49. The molecule has 0 heterocycles. The van der Waals surface area contributed by atoms with Gasteiger partial charge in [-0.3, -0.25) is 9.59 Å². The summed E-state index contributed by atoms with van der Waals surface area (Å²) >= 11 is 0. The molecule has 0 spiro atoms. The zero-order valence-corrected chi connectivity index (χ0v) is 18.7. The van der Waals surface area contributed by atoms with Crippen LogP contribution in [0.15, 0.2) is 30.3 Å². The minimum atomic E-state index is -0.329. The van der Waals surface area contributed by atoms with Crippen molar-refractivity contribution < 1.29 is 19.1 Å². The van der Waals surface area contributed by atoms with E-state index in [1.165, 1.54) is 19.3 Å². The maximum Gasteiger partial charge on any atom is 0.310 e. The van der Waals surface area contributed by atoms with Gasteiger partial charge in [0.1, 0.15) is 6.61 Å². The largest absolute Gasteiger partial charge is 0.465 e. The van der Waals surface area contributed by atoms with Gasteiger partial charge in [0.05, 0.1) is 18.4 Å². The highest BCUT2D eigenvalue weighted by Crippen LogP contribution is 2.53. The zero-order valence-electron chi connectivity index (χ0n) is 18.7. The van der Waals surface area contributed by atoms with Crippen molar-refractivity contribution in [2.24, 2.45) is 29.6 Å².